The van der Waals surface area contributed by atoms with Crippen LogP contribution >= 0.6 is 12.4 Å². The molecule has 0 saturated heterocycles. The Labute approximate surface area is 121 Å². The number of methoxy groups -OCH3 is 1. The molecule has 19 heavy (non-hydrogen) atoms. The summed E-state index contributed by atoms with van der Waals surface area (Å²) >= 11 is 0. The Hall–Kier alpha value is -1.26. The van der Waals surface area contributed by atoms with Gasteiger partial charge in [0.1, 0.15) is 0 Å². The Morgan fingerprint density at radius 1 is 1.32 bits per heavy atom. The maximum atomic E-state index is 11.9. The third-order valence-electron chi connectivity index (χ3n) is 2.88. The lowest BCUT2D eigenvalue weighted by Crippen LogP contribution is -2.34. The van der Waals surface area contributed by atoms with E-state index in [2.05, 4.69) is 19.2 Å². The van der Waals surface area contributed by atoms with Gasteiger partial charge < -0.3 is 15.8 Å². The second-order valence-electron chi connectivity index (χ2n) is 5.21. The van der Waals surface area contributed by atoms with Crippen LogP contribution in [-0.4, -0.2) is 26.2 Å². The molecule has 1 aromatic carbocycles. The number of hydrogen-bond acceptors (Lipinski definition) is 3. The van der Waals surface area contributed by atoms with Crippen LogP contribution in [0.25, 0.3) is 0 Å². The van der Waals surface area contributed by atoms with E-state index in [1.165, 1.54) is 0 Å². The molecule has 0 aliphatic rings. The number of nitrogen functional groups attached to an aromatic ring is 1. The number of nitrogens with two attached hydrogens (primary N) is 1. The summed E-state index contributed by atoms with van der Waals surface area (Å²) < 4.78 is 5.06. The summed E-state index contributed by atoms with van der Waals surface area (Å²) in [4.78, 5) is 11.9. The zero-order chi connectivity index (χ0) is 13.6. The molecule has 5 heteroatoms. The second kappa shape index (κ2) is 8.02. The van der Waals surface area contributed by atoms with Crippen LogP contribution in [-0.2, 0) is 4.74 Å². The zero-order valence-electron chi connectivity index (χ0n) is 11.7. The van der Waals surface area contributed by atoms with Crippen molar-refractivity contribution in [3.05, 3.63) is 29.8 Å². The van der Waals surface area contributed by atoms with Gasteiger partial charge in [-0.25, -0.2) is 0 Å². The summed E-state index contributed by atoms with van der Waals surface area (Å²) in [5, 5.41) is 2.93. The Kier molecular flexibility index (Phi) is 7.49. The molecule has 0 aromatic heterocycles. The summed E-state index contributed by atoms with van der Waals surface area (Å²) in [5.74, 6) is -0.0690. The van der Waals surface area contributed by atoms with Crippen LogP contribution in [0.15, 0.2) is 24.3 Å². The Morgan fingerprint density at radius 3 is 2.42 bits per heavy atom. The van der Waals surface area contributed by atoms with Crippen LogP contribution in [0.1, 0.15) is 30.6 Å². The van der Waals surface area contributed by atoms with Crippen molar-refractivity contribution in [2.24, 2.45) is 5.41 Å². The number of amides is 1. The minimum absolute atomic E-state index is 0. The van der Waals surface area contributed by atoms with E-state index in [0.717, 1.165) is 6.42 Å². The average molecular weight is 287 g/mol. The first kappa shape index (κ1) is 17.7. The predicted molar refractivity (Wildman–Crippen MR) is 80.7 cm³/mol. The summed E-state index contributed by atoms with van der Waals surface area (Å²) in [6, 6.07) is 6.91. The lowest BCUT2D eigenvalue weighted by Gasteiger charge is -2.24. The number of nitrogens with one attached hydrogen (secondary N) is 1. The Bertz CT molecular complexity index is 391. The number of hydrogen-bond donors (Lipinski definition) is 2. The molecule has 0 saturated carbocycles. The van der Waals surface area contributed by atoms with E-state index in [9.17, 15) is 4.79 Å². The summed E-state index contributed by atoms with van der Waals surface area (Å²) in [6.45, 7) is 5.54. The van der Waals surface area contributed by atoms with E-state index in [0.29, 0.717) is 24.4 Å². The normalized spacial score (nSPS) is 10.7. The zero-order valence-corrected chi connectivity index (χ0v) is 12.5. The molecule has 1 aromatic rings. The van der Waals surface area contributed by atoms with Crippen LogP contribution in [0.2, 0.25) is 0 Å². The van der Waals surface area contributed by atoms with Crippen molar-refractivity contribution in [2.75, 3.05) is 26.0 Å². The molecule has 4 nitrogen and oxygen atoms in total. The average Bonchev–Trinajstić information content (AvgIpc) is 2.35. The smallest absolute Gasteiger partial charge is 0.251 e. The molecule has 0 heterocycles. The summed E-state index contributed by atoms with van der Waals surface area (Å²) in [5.41, 5.74) is 6.90. The maximum absolute atomic E-state index is 11.9. The van der Waals surface area contributed by atoms with Gasteiger partial charge in [-0.3, -0.25) is 4.79 Å². The lowest BCUT2D eigenvalue weighted by molar-refractivity contribution is 0.0921. The van der Waals surface area contributed by atoms with E-state index < -0.39 is 0 Å². The van der Waals surface area contributed by atoms with Gasteiger partial charge in [0.25, 0.3) is 5.91 Å². The number of anilines is 1. The first-order valence-corrected chi connectivity index (χ1v) is 6.07. The highest BCUT2D eigenvalue weighted by Crippen LogP contribution is 2.19. The Morgan fingerprint density at radius 2 is 1.89 bits per heavy atom. The van der Waals surface area contributed by atoms with Crippen LogP contribution in [0.3, 0.4) is 0 Å². The first-order valence-electron chi connectivity index (χ1n) is 6.07. The van der Waals surface area contributed by atoms with Crippen molar-refractivity contribution in [1.29, 1.82) is 0 Å². The largest absolute Gasteiger partial charge is 0.399 e. The van der Waals surface area contributed by atoms with Crippen LogP contribution in [0.4, 0.5) is 5.69 Å². The SMILES string of the molecule is COCCC(C)(C)CNC(=O)c1ccc(N)cc1.Cl. The van der Waals surface area contributed by atoms with Gasteiger partial charge in [-0.1, -0.05) is 13.8 Å². The van der Waals surface area contributed by atoms with E-state index in [-0.39, 0.29) is 23.7 Å². The molecule has 0 radical (unpaired) electrons. The first-order chi connectivity index (χ1) is 8.44. The van der Waals surface area contributed by atoms with Gasteiger partial charge in [0.05, 0.1) is 0 Å². The van der Waals surface area contributed by atoms with Crippen molar-refractivity contribution in [2.45, 2.75) is 20.3 Å². The highest BCUT2D eigenvalue weighted by molar-refractivity contribution is 5.94. The van der Waals surface area contributed by atoms with Crippen molar-refractivity contribution < 1.29 is 9.53 Å². The van der Waals surface area contributed by atoms with Gasteiger partial charge in [-0.05, 0) is 36.1 Å². The number of halogens is 1. The van der Waals surface area contributed by atoms with Crippen LogP contribution < -0.4 is 11.1 Å². The molecule has 1 amide bonds. The van der Waals surface area contributed by atoms with Crippen molar-refractivity contribution in [3.8, 4) is 0 Å². The number of rotatable bonds is 6. The van der Waals surface area contributed by atoms with Crippen LogP contribution in [0.5, 0.6) is 0 Å². The van der Waals surface area contributed by atoms with Crippen molar-refractivity contribution in [1.82, 2.24) is 5.32 Å². The molecule has 1 rings (SSSR count). The molecule has 0 spiro atoms. The minimum atomic E-state index is -0.0690. The summed E-state index contributed by atoms with van der Waals surface area (Å²) in [7, 11) is 1.68. The fourth-order valence-electron chi connectivity index (χ4n) is 1.52. The number of ether oxygens (including phenoxy) is 1. The highest BCUT2D eigenvalue weighted by Gasteiger charge is 2.18. The molecule has 0 atom stereocenters. The fraction of sp³-hybridized carbons (Fsp3) is 0.500. The summed E-state index contributed by atoms with van der Waals surface area (Å²) in [6.07, 6.45) is 0.908. The number of benzene rings is 1. The minimum Gasteiger partial charge on any atom is -0.399 e. The van der Waals surface area contributed by atoms with E-state index in [4.69, 9.17) is 10.5 Å². The topological polar surface area (TPSA) is 64.3 Å². The molecular formula is C14H23ClN2O2. The van der Waals surface area contributed by atoms with Gasteiger partial charge in [-0.2, -0.15) is 0 Å². The molecule has 0 unspecified atom stereocenters. The van der Waals surface area contributed by atoms with Crippen molar-refractivity contribution in [3.63, 3.8) is 0 Å². The molecule has 0 aliphatic heterocycles. The molecule has 0 fully saturated rings. The maximum Gasteiger partial charge on any atom is 0.251 e. The monoisotopic (exact) mass is 286 g/mol. The second-order valence-corrected chi connectivity index (χ2v) is 5.21. The highest BCUT2D eigenvalue weighted by atomic mass is 35.5. The Balaban J connectivity index is 0.00000324. The predicted octanol–water partition coefficient (Wildman–Crippen LogP) is 2.48. The third kappa shape index (κ3) is 6.45. The molecule has 3 N–H and O–H groups in total. The van der Waals surface area contributed by atoms with Crippen LogP contribution in [0, 0.1) is 5.41 Å². The molecular weight excluding hydrogens is 264 g/mol. The lowest BCUT2D eigenvalue weighted by atomic mass is 9.89. The van der Waals surface area contributed by atoms with Gasteiger partial charge in [0.2, 0.25) is 0 Å². The molecule has 108 valence electrons. The van der Waals surface area contributed by atoms with Gasteiger partial charge in [0.15, 0.2) is 0 Å². The molecule has 0 bridgehead atoms. The molecule has 0 aliphatic carbocycles. The van der Waals surface area contributed by atoms with Crippen molar-refractivity contribution >= 4 is 24.0 Å². The third-order valence-corrected chi connectivity index (χ3v) is 2.88. The van der Waals surface area contributed by atoms with Gasteiger partial charge in [-0.15, -0.1) is 12.4 Å². The van der Waals surface area contributed by atoms with E-state index in [1.54, 1.807) is 31.4 Å². The van der Waals surface area contributed by atoms with Gasteiger partial charge in [0, 0.05) is 31.5 Å². The standard InChI is InChI=1S/C14H22N2O2.ClH/c1-14(2,8-9-18-3)10-16-13(17)11-4-6-12(15)7-5-11;/h4-7H,8-10,15H2,1-3H3,(H,16,17);1H. The fourth-order valence-corrected chi connectivity index (χ4v) is 1.52. The van der Waals surface area contributed by atoms with Gasteiger partial charge >= 0.3 is 0 Å². The number of carbonyl (C=O) groups is 1. The number of carbonyl (C=O) groups excluding carboxylic acids is 1. The van der Waals surface area contributed by atoms with E-state index in [1.807, 2.05) is 0 Å². The quantitative estimate of drug-likeness (QED) is 0.790. The van der Waals surface area contributed by atoms with E-state index >= 15 is 0 Å².